The summed E-state index contributed by atoms with van der Waals surface area (Å²) in [5, 5.41) is 12.2. The highest BCUT2D eigenvalue weighted by Gasteiger charge is 2.27. The highest BCUT2D eigenvalue weighted by atomic mass is 79.9. The zero-order valence-corrected chi connectivity index (χ0v) is 19.2. The molecule has 0 radical (unpaired) electrons. The van der Waals surface area contributed by atoms with Crippen LogP contribution in [0, 0.1) is 11.8 Å². The number of carboxylic acid groups (broad SMARTS) is 1. The second-order valence-corrected chi connectivity index (χ2v) is 8.81. The molecule has 0 saturated heterocycles. The lowest BCUT2D eigenvalue weighted by Gasteiger charge is -2.27. The number of carbonyl (C=O) groups excluding carboxylic acids is 1. The summed E-state index contributed by atoms with van der Waals surface area (Å²) in [7, 11) is 0. The van der Waals surface area contributed by atoms with Gasteiger partial charge in [-0.3, -0.25) is 4.79 Å². The molecule has 1 amide bonds. The van der Waals surface area contributed by atoms with Gasteiger partial charge in [0.25, 0.3) is 0 Å². The zero-order chi connectivity index (χ0) is 22.2. The van der Waals surface area contributed by atoms with Crippen LogP contribution in [0.25, 0.3) is 6.08 Å². The summed E-state index contributed by atoms with van der Waals surface area (Å²) < 4.78 is 6.68. The first-order chi connectivity index (χ1) is 15.0. The van der Waals surface area contributed by atoms with Crippen LogP contribution in [0.3, 0.4) is 0 Å². The molecule has 0 atom stereocenters. The van der Waals surface area contributed by atoms with Crippen LogP contribution in [0.4, 0.5) is 0 Å². The van der Waals surface area contributed by atoms with Crippen molar-refractivity contribution in [1.82, 2.24) is 5.32 Å². The Bertz CT molecular complexity index is 931. The number of carbonyl (C=O) groups is 2. The first-order valence-electron chi connectivity index (χ1n) is 10.7. The van der Waals surface area contributed by atoms with E-state index >= 15 is 0 Å². The summed E-state index contributed by atoms with van der Waals surface area (Å²) in [6.45, 7) is 2.18. The van der Waals surface area contributed by atoms with E-state index in [-0.39, 0.29) is 17.5 Å². The SMILES string of the molecule is CCCC1CCC(C(=O)N/C(=C/c2ccc(Oc3ccccc3Br)cc2)C(=O)O)CC1. The molecule has 5 nitrogen and oxygen atoms in total. The fourth-order valence-electron chi connectivity index (χ4n) is 3.96. The lowest BCUT2D eigenvalue weighted by atomic mass is 9.80. The number of hydrogen-bond donors (Lipinski definition) is 2. The Morgan fingerprint density at radius 3 is 2.39 bits per heavy atom. The number of halogens is 1. The maximum Gasteiger partial charge on any atom is 0.352 e. The molecule has 0 aromatic heterocycles. The molecule has 6 heteroatoms. The van der Waals surface area contributed by atoms with Gasteiger partial charge in [-0.1, -0.05) is 44.0 Å². The third-order valence-electron chi connectivity index (χ3n) is 5.66. The van der Waals surface area contributed by atoms with Crippen LogP contribution in [0.15, 0.2) is 58.7 Å². The molecule has 1 fully saturated rings. The Labute approximate surface area is 191 Å². The van der Waals surface area contributed by atoms with E-state index in [1.54, 1.807) is 24.3 Å². The second-order valence-electron chi connectivity index (χ2n) is 7.96. The molecule has 0 bridgehead atoms. The van der Waals surface area contributed by atoms with E-state index in [1.165, 1.54) is 18.9 Å². The van der Waals surface area contributed by atoms with Crippen molar-refractivity contribution in [1.29, 1.82) is 0 Å². The zero-order valence-electron chi connectivity index (χ0n) is 17.6. The topological polar surface area (TPSA) is 75.6 Å². The Morgan fingerprint density at radius 2 is 1.77 bits per heavy atom. The van der Waals surface area contributed by atoms with Crippen molar-refractivity contribution in [2.75, 3.05) is 0 Å². The minimum Gasteiger partial charge on any atom is -0.477 e. The Balaban J connectivity index is 1.63. The van der Waals surface area contributed by atoms with Gasteiger partial charge >= 0.3 is 5.97 Å². The monoisotopic (exact) mass is 485 g/mol. The Kier molecular flexibility index (Phi) is 8.29. The summed E-state index contributed by atoms with van der Waals surface area (Å²) in [4.78, 5) is 24.3. The van der Waals surface area contributed by atoms with Crippen molar-refractivity contribution >= 4 is 33.9 Å². The quantitative estimate of drug-likeness (QED) is 0.424. The molecular formula is C25H28BrNO4. The lowest BCUT2D eigenvalue weighted by molar-refractivity contribution is -0.135. The predicted octanol–water partition coefficient (Wildman–Crippen LogP) is 6.39. The van der Waals surface area contributed by atoms with Crippen LogP contribution < -0.4 is 10.1 Å². The highest BCUT2D eigenvalue weighted by molar-refractivity contribution is 9.10. The van der Waals surface area contributed by atoms with Crippen molar-refractivity contribution in [2.45, 2.75) is 45.4 Å². The number of aliphatic carboxylic acids is 1. The van der Waals surface area contributed by atoms with Crippen LogP contribution in [-0.4, -0.2) is 17.0 Å². The van der Waals surface area contributed by atoms with Gasteiger partial charge in [0.2, 0.25) is 5.91 Å². The first-order valence-corrected chi connectivity index (χ1v) is 11.5. The fourth-order valence-corrected chi connectivity index (χ4v) is 4.33. The third-order valence-corrected chi connectivity index (χ3v) is 6.31. The van der Waals surface area contributed by atoms with Crippen LogP contribution in [0.5, 0.6) is 11.5 Å². The summed E-state index contributed by atoms with van der Waals surface area (Å²) in [6, 6.07) is 14.6. The molecule has 31 heavy (non-hydrogen) atoms. The van der Waals surface area contributed by atoms with Gasteiger partial charge in [0.1, 0.15) is 17.2 Å². The van der Waals surface area contributed by atoms with E-state index in [0.29, 0.717) is 23.0 Å². The van der Waals surface area contributed by atoms with E-state index in [4.69, 9.17) is 4.74 Å². The van der Waals surface area contributed by atoms with Crippen LogP contribution in [0.1, 0.15) is 51.0 Å². The minimum atomic E-state index is -1.15. The highest BCUT2D eigenvalue weighted by Crippen LogP contribution is 2.32. The summed E-state index contributed by atoms with van der Waals surface area (Å²) >= 11 is 3.44. The molecule has 0 heterocycles. The van der Waals surface area contributed by atoms with Crippen molar-refractivity contribution in [3.63, 3.8) is 0 Å². The van der Waals surface area contributed by atoms with Crippen LogP contribution >= 0.6 is 15.9 Å². The Hall–Kier alpha value is -2.60. The van der Waals surface area contributed by atoms with Gasteiger partial charge in [0, 0.05) is 5.92 Å². The van der Waals surface area contributed by atoms with Gasteiger partial charge in [0.15, 0.2) is 0 Å². The van der Waals surface area contributed by atoms with Gasteiger partial charge in [-0.05, 0) is 83.4 Å². The summed E-state index contributed by atoms with van der Waals surface area (Å²) in [5.41, 5.74) is 0.559. The average molecular weight is 486 g/mol. The Morgan fingerprint density at radius 1 is 1.10 bits per heavy atom. The third kappa shape index (κ3) is 6.69. The number of ether oxygens (including phenoxy) is 1. The number of amides is 1. The molecule has 2 N–H and O–H groups in total. The second kappa shape index (κ2) is 11.1. The van der Waals surface area contributed by atoms with Crippen LogP contribution in [-0.2, 0) is 9.59 Å². The standard InChI is InChI=1S/C25H28BrNO4/c1-2-5-17-8-12-19(13-9-17)24(28)27-22(25(29)30)16-18-10-14-20(15-11-18)31-23-7-4-3-6-21(23)26/h3-4,6-7,10-11,14-17,19H,2,5,8-9,12-13H2,1H3,(H,27,28)(H,29,30)/b22-16+. The fraction of sp³-hybridized carbons (Fsp3) is 0.360. The van der Waals surface area contributed by atoms with Gasteiger partial charge < -0.3 is 15.2 Å². The van der Waals surface area contributed by atoms with E-state index in [1.807, 2.05) is 24.3 Å². The van der Waals surface area contributed by atoms with E-state index < -0.39 is 5.97 Å². The minimum absolute atomic E-state index is 0.111. The predicted molar refractivity (Wildman–Crippen MR) is 125 cm³/mol. The maximum atomic E-state index is 12.6. The molecule has 3 rings (SSSR count). The molecule has 2 aromatic carbocycles. The number of para-hydroxylation sites is 1. The molecular weight excluding hydrogens is 458 g/mol. The number of hydrogen-bond acceptors (Lipinski definition) is 3. The van der Waals surface area contributed by atoms with E-state index in [2.05, 4.69) is 28.2 Å². The van der Waals surface area contributed by atoms with Crippen molar-refractivity contribution in [2.24, 2.45) is 11.8 Å². The van der Waals surface area contributed by atoms with Gasteiger partial charge in [-0.2, -0.15) is 0 Å². The van der Waals surface area contributed by atoms with E-state index in [0.717, 1.165) is 30.2 Å². The molecule has 164 valence electrons. The van der Waals surface area contributed by atoms with Crippen molar-refractivity contribution in [3.8, 4) is 11.5 Å². The molecule has 0 spiro atoms. The number of nitrogens with one attached hydrogen (secondary N) is 1. The maximum absolute atomic E-state index is 12.6. The van der Waals surface area contributed by atoms with E-state index in [9.17, 15) is 14.7 Å². The van der Waals surface area contributed by atoms with Gasteiger partial charge in [-0.15, -0.1) is 0 Å². The molecule has 1 saturated carbocycles. The number of carboxylic acids is 1. The normalized spacial score (nSPS) is 19.0. The smallest absolute Gasteiger partial charge is 0.352 e. The van der Waals surface area contributed by atoms with Crippen molar-refractivity contribution in [3.05, 3.63) is 64.3 Å². The van der Waals surface area contributed by atoms with Crippen molar-refractivity contribution < 1.29 is 19.4 Å². The lowest BCUT2D eigenvalue weighted by Crippen LogP contribution is -2.34. The average Bonchev–Trinajstić information content (AvgIpc) is 2.76. The largest absolute Gasteiger partial charge is 0.477 e. The molecule has 0 unspecified atom stereocenters. The number of rotatable bonds is 8. The molecule has 2 aromatic rings. The van der Waals surface area contributed by atoms with Crippen LogP contribution in [0.2, 0.25) is 0 Å². The van der Waals surface area contributed by atoms with Gasteiger partial charge in [-0.25, -0.2) is 4.79 Å². The molecule has 1 aliphatic carbocycles. The number of benzene rings is 2. The summed E-state index contributed by atoms with van der Waals surface area (Å²) in [6.07, 6.45) is 7.57. The van der Waals surface area contributed by atoms with Gasteiger partial charge in [0.05, 0.1) is 4.47 Å². The molecule has 1 aliphatic rings. The molecule has 0 aliphatic heterocycles. The first kappa shape index (κ1) is 23.1. The summed E-state index contributed by atoms with van der Waals surface area (Å²) in [5.74, 6) is 0.558.